The third kappa shape index (κ3) is 3.99. The van der Waals surface area contributed by atoms with Crippen molar-refractivity contribution in [1.82, 2.24) is 5.27 Å². The summed E-state index contributed by atoms with van der Waals surface area (Å²) >= 11 is 1.28. The first-order valence-electron chi connectivity index (χ1n) is 8.81. The number of carbonyl (C=O) groups is 1. The van der Waals surface area contributed by atoms with Crippen LogP contribution in [0.4, 0.5) is 5.69 Å². The normalized spacial score (nSPS) is 10.9. The van der Waals surface area contributed by atoms with Crippen LogP contribution < -0.4 is 15.6 Å². The Labute approximate surface area is 165 Å². The molecule has 0 unspecified atom stereocenters. The lowest BCUT2D eigenvalue weighted by Crippen LogP contribution is -2.36. The molecule has 0 fully saturated rings. The minimum atomic E-state index is -0.455. The number of para-hydroxylation sites is 1. The maximum Gasteiger partial charge on any atom is 0.442 e. The molecule has 3 aromatic carbocycles. The standard InChI is InChI=1S/C21H17N3O3S/c25-19(22-17-11-10-15-6-4-5-7-16(15)14-17)12-13-28-20-21(26)27-23-24(20)18-8-2-1-3-9-18/h1-11,14H,12-13H2,(H-,22,23,25,26)/p+1. The maximum atomic E-state index is 12.3. The van der Waals surface area contributed by atoms with Crippen LogP contribution in [-0.2, 0) is 4.79 Å². The topological polar surface area (TPSA) is 79.0 Å². The van der Waals surface area contributed by atoms with Gasteiger partial charge < -0.3 is 5.32 Å². The fourth-order valence-electron chi connectivity index (χ4n) is 2.86. The van der Waals surface area contributed by atoms with E-state index in [1.165, 1.54) is 11.8 Å². The van der Waals surface area contributed by atoms with E-state index in [-0.39, 0.29) is 12.3 Å². The Balaban J connectivity index is 1.38. The second-order valence-electron chi connectivity index (χ2n) is 6.17. The highest BCUT2D eigenvalue weighted by atomic mass is 32.2. The molecule has 1 heterocycles. The van der Waals surface area contributed by atoms with Crippen molar-refractivity contribution in [3.05, 3.63) is 83.2 Å². The second-order valence-corrected chi connectivity index (χ2v) is 7.25. The van der Waals surface area contributed by atoms with E-state index in [1.807, 2.05) is 72.8 Å². The van der Waals surface area contributed by atoms with Gasteiger partial charge in [0.15, 0.2) is 0 Å². The summed E-state index contributed by atoms with van der Waals surface area (Å²) in [5.74, 6) is 0.350. The zero-order valence-electron chi connectivity index (χ0n) is 14.9. The molecule has 28 heavy (non-hydrogen) atoms. The first-order valence-corrected chi connectivity index (χ1v) is 9.80. The largest absolute Gasteiger partial charge is 0.442 e. The molecule has 4 rings (SSSR count). The molecular weight excluding hydrogens is 374 g/mol. The minimum absolute atomic E-state index is 0.103. The average Bonchev–Trinajstić information content (AvgIpc) is 3.09. The zero-order chi connectivity index (χ0) is 19.3. The molecule has 0 radical (unpaired) electrons. The van der Waals surface area contributed by atoms with Gasteiger partial charge in [0, 0.05) is 30.0 Å². The third-order valence-corrected chi connectivity index (χ3v) is 5.25. The predicted octanol–water partition coefficient (Wildman–Crippen LogP) is 3.52. The lowest BCUT2D eigenvalue weighted by Gasteiger charge is -2.06. The summed E-state index contributed by atoms with van der Waals surface area (Å²) < 4.78 is 6.48. The number of nitrogens with one attached hydrogen (secondary N) is 2. The van der Waals surface area contributed by atoms with Crippen molar-refractivity contribution in [3.63, 3.8) is 0 Å². The summed E-state index contributed by atoms with van der Waals surface area (Å²) in [6.07, 6.45) is 0.275. The Kier molecular flexibility index (Phi) is 5.25. The van der Waals surface area contributed by atoms with Gasteiger partial charge >= 0.3 is 10.7 Å². The van der Waals surface area contributed by atoms with Crippen molar-refractivity contribution in [2.24, 2.45) is 0 Å². The van der Waals surface area contributed by atoms with E-state index in [2.05, 4.69) is 10.6 Å². The van der Waals surface area contributed by atoms with Crippen LogP contribution in [0.25, 0.3) is 16.5 Å². The molecule has 0 aliphatic carbocycles. The van der Waals surface area contributed by atoms with E-state index in [0.717, 1.165) is 22.1 Å². The fraction of sp³-hybridized carbons (Fsp3) is 0.0952. The first kappa shape index (κ1) is 18.1. The number of H-pyrrole nitrogens is 1. The molecular formula is C21H18N3O3S+. The highest BCUT2D eigenvalue weighted by molar-refractivity contribution is 7.99. The van der Waals surface area contributed by atoms with E-state index in [0.29, 0.717) is 10.8 Å². The van der Waals surface area contributed by atoms with Crippen molar-refractivity contribution < 1.29 is 14.0 Å². The van der Waals surface area contributed by atoms with Crippen LogP contribution in [0, 0.1) is 0 Å². The number of benzene rings is 3. The van der Waals surface area contributed by atoms with Crippen molar-refractivity contribution >= 4 is 34.1 Å². The number of fused-ring (bicyclic) bond motifs is 1. The third-order valence-electron chi connectivity index (χ3n) is 4.22. The summed E-state index contributed by atoms with van der Waals surface area (Å²) in [5, 5.41) is 8.11. The van der Waals surface area contributed by atoms with Gasteiger partial charge in [0.25, 0.3) is 0 Å². The number of rotatable bonds is 6. The number of hydrogen-bond acceptors (Lipinski definition) is 4. The molecule has 2 N–H and O–H groups in total. The molecule has 6 nitrogen and oxygen atoms in total. The molecule has 7 heteroatoms. The summed E-state index contributed by atoms with van der Waals surface area (Å²) in [6, 6.07) is 23.2. The van der Waals surface area contributed by atoms with Crippen LogP contribution in [0.15, 0.2) is 87.1 Å². The number of amides is 1. The molecule has 1 aromatic heterocycles. The molecule has 1 amide bonds. The number of aromatic nitrogens is 2. The van der Waals surface area contributed by atoms with Crippen molar-refractivity contribution in [2.75, 3.05) is 11.1 Å². The van der Waals surface area contributed by atoms with Gasteiger partial charge in [-0.25, -0.2) is 4.79 Å². The molecule has 0 aliphatic rings. The number of nitrogens with zero attached hydrogens (tertiary/aromatic N) is 1. The van der Waals surface area contributed by atoms with Crippen LogP contribution in [0.1, 0.15) is 6.42 Å². The number of aromatic amines is 1. The highest BCUT2D eigenvalue weighted by Gasteiger charge is 2.23. The number of hydrogen-bond donors (Lipinski definition) is 2. The van der Waals surface area contributed by atoms with E-state index < -0.39 is 5.63 Å². The summed E-state index contributed by atoms with van der Waals surface area (Å²) in [5.41, 5.74) is 1.09. The van der Waals surface area contributed by atoms with Crippen molar-refractivity contribution in [2.45, 2.75) is 11.4 Å². The Morgan fingerprint density at radius 3 is 2.57 bits per heavy atom. The lowest BCUT2D eigenvalue weighted by atomic mass is 10.1. The van der Waals surface area contributed by atoms with Crippen LogP contribution in [0.3, 0.4) is 0 Å². The van der Waals surface area contributed by atoms with E-state index in [4.69, 9.17) is 4.52 Å². The first-order chi connectivity index (χ1) is 13.7. The quantitative estimate of drug-likeness (QED) is 0.389. The number of carbonyl (C=O) groups excluding carboxylic acids is 1. The molecule has 0 spiro atoms. The van der Waals surface area contributed by atoms with E-state index in [9.17, 15) is 9.59 Å². The highest BCUT2D eigenvalue weighted by Crippen LogP contribution is 2.19. The average molecular weight is 392 g/mol. The SMILES string of the molecule is O=C(CCSc1c(=O)o[nH][n+]1-c1ccccc1)Nc1ccc2ccccc2c1. The Hall–Kier alpha value is -3.32. The molecule has 0 aliphatic heterocycles. The smallest absolute Gasteiger partial charge is 0.326 e. The van der Waals surface area contributed by atoms with Gasteiger partial charge in [-0.3, -0.25) is 9.32 Å². The molecule has 0 saturated carbocycles. The lowest BCUT2D eigenvalue weighted by molar-refractivity contribution is -0.704. The van der Waals surface area contributed by atoms with Gasteiger partial charge in [-0.1, -0.05) is 48.5 Å². The van der Waals surface area contributed by atoms with Crippen molar-refractivity contribution in [1.29, 1.82) is 0 Å². The van der Waals surface area contributed by atoms with Gasteiger partial charge in [-0.05, 0) is 44.6 Å². The summed E-state index contributed by atoms with van der Waals surface area (Å²) in [6.45, 7) is 0. The molecule has 0 saturated heterocycles. The van der Waals surface area contributed by atoms with E-state index >= 15 is 0 Å². The van der Waals surface area contributed by atoms with Gasteiger partial charge in [0.2, 0.25) is 11.6 Å². The number of thioether (sulfide) groups is 1. The molecule has 0 atom stereocenters. The van der Waals surface area contributed by atoms with Gasteiger partial charge in [0.05, 0.1) is 0 Å². The Morgan fingerprint density at radius 2 is 1.75 bits per heavy atom. The minimum Gasteiger partial charge on any atom is -0.326 e. The monoisotopic (exact) mass is 392 g/mol. The van der Waals surface area contributed by atoms with Gasteiger partial charge in [0.1, 0.15) is 0 Å². The molecule has 0 bridgehead atoms. The van der Waals surface area contributed by atoms with Crippen LogP contribution in [-0.4, -0.2) is 16.9 Å². The fourth-order valence-corrected chi connectivity index (χ4v) is 3.78. The summed E-state index contributed by atoms with van der Waals surface area (Å²) in [4.78, 5) is 24.2. The van der Waals surface area contributed by atoms with Crippen LogP contribution in [0.2, 0.25) is 0 Å². The van der Waals surface area contributed by atoms with Crippen LogP contribution >= 0.6 is 11.8 Å². The maximum absolute atomic E-state index is 12.3. The number of anilines is 1. The summed E-state index contributed by atoms with van der Waals surface area (Å²) in [7, 11) is 0. The van der Waals surface area contributed by atoms with Gasteiger partial charge in [-0.2, -0.15) is 0 Å². The molecule has 4 aromatic rings. The predicted molar refractivity (Wildman–Crippen MR) is 109 cm³/mol. The van der Waals surface area contributed by atoms with E-state index in [1.54, 1.807) is 4.68 Å². The second kappa shape index (κ2) is 8.14. The Bertz CT molecular complexity index is 1170. The Morgan fingerprint density at radius 1 is 1.00 bits per heavy atom. The molecule has 140 valence electrons. The van der Waals surface area contributed by atoms with Crippen LogP contribution in [0.5, 0.6) is 0 Å². The van der Waals surface area contributed by atoms with Gasteiger partial charge in [-0.15, -0.1) is 0 Å². The van der Waals surface area contributed by atoms with Crippen molar-refractivity contribution in [3.8, 4) is 5.69 Å². The zero-order valence-corrected chi connectivity index (χ0v) is 15.7.